The first kappa shape index (κ1) is 17.8. The molecule has 0 aliphatic carbocycles. The maximum atomic E-state index is 11.2. The van der Waals surface area contributed by atoms with Gasteiger partial charge in [0.05, 0.1) is 7.11 Å². The van der Waals surface area contributed by atoms with Crippen molar-refractivity contribution >= 4 is 16.7 Å². The van der Waals surface area contributed by atoms with Gasteiger partial charge in [-0.15, -0.1) is 0 Å². The zero-order chi connectivity index (χ0) is 18.4. The summed E-state index contributed by atoms with van der Waals surface area (Å²) in [5.74, 6) is 1.61. The maximum absolute atomic E-state index is 11.2. The number of benzene rings is 3. The zero-order valence-corrected chi connectivity index (χ0v) is 15.1. The average molecular weight is 349 g/mol. The fourth-order valence-electron chi connectivity index (χ4n) is 2.91. The van der Waals surface area contributed by atoms with E-state index in [-0.39, 0.29) is 5.91 Å². The molecule has 0 aliphatic rings. The number of fused-ring (bicyclic) bond motifs is 1. The Balaban J connectivity index is 1.87. The van der Waals surface area contributed by atoms with Crippen LogP contribution in [0.5, 0.6) is 11.5 Å². The van der Waals surface area contributed by atoms with Gasteiger partial charge in [0.2, 0.25) is 5.91 Å². The van der Waals surface area contributed by atoms with Crippen LogP contribution < -0.4 is 14.8 Å². The predicted molar refractivity (Wildman–Crippen MR) is 104 cm³/mol. The molecule has 26 heavy (non-hydrogen) atoms. The first-order valence-corrected chi connectivity index (χ1v) is 8.67. The fraction of sp³-hybridized carbons (Fsp3) is 0.227. The first-order valence-electron chi connectivity index (χ1n) is 8.67. The molecule has 0 bridgehead atoms. The Labute approximate surface area is 153 Å². The Morgan fingerprint density at radius 2 is 1.81 bits per heavy atom. The summed E-state index contributed by atoms with van der Waals surface area (Å²) in [6.45, 7) is 2.64. The third kappa shape index (κ3) is 4.54. The smallest absolute Gasteiger partial charge is 0.216 e. The van der Waals surface area contributed by atoms with Gasteiger partial charge in [-0.1, -0.05) is 36.4 Å². The Bertz CT molecular complexity index is 891. The third-order valence-electron chi connectivity index (χ3n) is 4.24. The van der Waals surface area contributed by atoms with Crippen molar-refractivity contribution in [2.45, 2.75) is 20.0 Å². The lowest BCUT2D eigenvalue weighted by Gasteiger charge is -2.13. The van der Waals surface area contributed by atoms with Crippen molar-refractivity contribution in [1.29, 1.82) is 0 Å². The van der Waals surface area contributed by atoms with Crippen molar-refractivity contribution in [3.63, 3.8) is 0 Å². The molecule has 0 aromatic heterocycles. The molecule has 3 rings (SSSR count). The van der Waals surface area contributed by atoms with Crippen molar-refractivity contribution in [2.75, 3.05) is 13.7 Å². The highest BCUT2D eigenvalue weighted by atomic mass is 16.5. The van der Waals surface area contributed by atoms with E-state index in [9.17, 15) is 4.79 Å². The number of amides is 1. The molecule has 4 heteroatoms. The van der Waals surface area contributed by atoms with Crippen LogP contribution in [0.15, 0.2) is 60.7 Å². The molecule has 0 atom stereocenters. The number of nitrogens with one attached hydrogen (secondary N) is 1. The van der Waals surface area contributed by atoms with E-state index < -0.39 is 0 Å². The summed E-state index contributed by atoms with van der Waals surface area (Å²) in [5, 5.41) is 5.06. The van der Waals surface area contributed by atoms with Crippen LogP contribution in [0.3, 0.4) is 0 Å². The molecule has 3 aromatic carbocycles. The Kier molecular flexibility index (Phi) is 5.74. The number of hydrogen-bond donors (Lipinski definition) is 1. The highest BCUT2D eigenvalue weighted by Gasteiger charge is 2.08. The minimum Gasteiger partial charge on any atom is -0.497 e. The second-order valence-electron chi connectivity index (χ2n) is 6.18. The Morgan fingerprint density at radius 3 is 2.54 bits per heavy atom. The van der Waals surface area contributed by atoms with E-state index in [2.05, 4.69) is 5.32 Å². The summed E-state index contributed by atoms with van der Waals surface area (Å²) in [6.07, 6.45) is 0.728. The molecule has 134 valence electrons. The second kappa shape index (κ2) is 8.39. The minimum atomic E-state index is -0.0247. The van der Waals surface area contributed by atoms with Crippen molar-refractivity contribution in [2.24, 2.45) is 0 Å². The number of carbonyl (C=O) groups excluding carboxylic acids is 1. The molecule has 0 saturated carbocycles. The van der Waals surface area contributed by atoms with Gasteiger partial charge in [0.25, 0.3) is 0 Å². The van der Waals surface area contributed by atoms with Crippen molar-refractivity contribution in [3.8, 4) is 11.5 Å². The lowest BCUT2D eigenvalue weighted by atomic mass is 10.0. The zero-order valence-electron chi connectivity index (χ0n) is 15.1. The molecule has 3 aromatic rings. The third-order valence-corrected chi connectivity index (χ3v) is 4.24. The van der Waals surface area contributed by atoms with Gasteiger partial charge in [0.1, 0.15) is 18.1 Å². The number of rotatable bonds is 7. The normalized spacial score (nSPS) is 10.5. The molecule has 0 unspecified atom stereocenters. The van der Waals surface area contributed by atoms with Gasteiger partial charge < -0.3 is 14.8 Å². The summed E-state index contributed by atoms with van der Waals surface area (Å²) in [6, 6.07) is 20.2. The molecule has 1 N–H and O–H groups in total. The summed E-state index contributed by atoms with van der Waals surface area (Å²) in [4.78, 5) is 11.2. The van der Waals surface area contributed by atoms with Crippen LogP contribution in [0.1, 0.15) is 18.1 Å². The van der Waals surface area contributed by atoms with Gasteiger partial charge >= 0.3 is 0 Å². The molecule has 0 saturated heterocycles. The Hall–Kier alpha value is -3.01. The molecule has 0 fully saturated rings. The average Bonchev–Trinajstić information content (AvgIpc) is 2.66. The summed E-state index contributed by atoms with van der Waals surface area (Å²) >= 11 is 0. The largest absolute Gasteiger partial charge is 0.497 e. The van der Waals surface area contributed by atoms with Crippen molar-refractivity contribution in [1.82, 2.24) is 5.32 Å². The fourth-order valence-corrected chi connectivity index (χ4v) is 2.91. The summed E-state index contributed by atoms with van der Waals surface area (Å²) in [7, 11) is 1.66. The number of ether oxygens (including phenoxy) is 2. The molecular formula is C22H23NO3. The van der Waals surface area contributed by atoms with E-state index in [1.807, 2.05) is 60.7 Å². The Morgan fingerprint density at radius 1 is 1.00 bits per heavy atom. The summed E-state index contributed by atoms with van der Waals surface area (Å²) in [5.41, 5.74) is 2.25. The van der Waals surface area contributed by atoms with E-state index in [1.54, 1.807) is 7.11 Å². The number of methoxy groups -OCH3 is 1. The monoisotopic (exact) mass is 349 g/mol. The molecule has 0 aliphatic heterocycles. The van der Waals surface area contributed by atoms with Gasteiger partial charge in [0, 0.05) is 13.5 Å². The van der Waals surface area contributed by atoms with Gasteiger partial charge in [-0.05, 0) is 52.6 Å². The first-order chi connectivity index (χ1) is 12.7. The molecule has 4 nitrogen and oxygen atoms in total. The van der Waals surface area contributed by atoms with Crippen LogP contribution in [-0.4, -0.2) is 19.6 Å². The van der Waals surface area contributed by atoms with Crippen molar-refractivity contribution < 1.29 is 14.3 Å². The van der Waals surface area contributed by atoms with Crippen LogP contribution >= 0.6 is 0 Å². The van der Waals surface area contributed by atoms with Crippen molar-refractivity contribution in [3.05, 3.63) is 71.8 Å². The van der Waals surface area contributed by atoms with Crippen LogP contribution in [-0.2, 0) is 17.8 Å². The second-order valence-corrected chi connectivity index (χ2v) is 6.18. The van der Waals surface area contributed by atoms with Gasteiger partial charge in [-0.3, -0.25) is 4.79 Å². The SMILES string of the molecule is COc1ccc2cc(OCc3ccccc3)cc(CCNC(C)=O)c2c1. The standard InChI is InChI=1S/C22H23NO3/c1-16(24)23-11-10-19-13-21(26-15-17-6-4-3-5-7-17)12-18-8-9-20(25-2)14-22(18)19/h3-9,12-14H,10-11,15H2,1-2H3,(H,23,24). The molecule has 0 heterocycles. The highest BCUT2D eigenvalue weighted by Crippen LogP contribution is 2.29. The van der Waals surface area contributed by atoms with E-state index >= 15 is 0 Å². The van der Waals surface area contributed by atoms with Crippen LogP contribution in [0.25, 0.3) is 10.8 Å². The van der Waals surface area contributed by atoms with E-state index in [0.29, 0.717) is 13.2 Å². The van der Waals surface area contributed by atoms with E-state index in [0.717, 1.165) is 39.8 Å². The lowest BCUT2D eigenvalue weighted by Crippen LogP contribution is -2.22. The summed E-state index contributed by atoms with van der Waals surface area (Å²) < 4.78 is 11.4. The van der Waals surface area contributed by atoms with Gasteiger partial charge in [0.15, 0.2) is 0 Å². The lowest BCUT2D eigenvalue weighted by molar-refractivity contribution is -0.118. The number of carbonyl (C=O) groups is 1. The highest BCUT2D eigenvalue weighted by molar-refractivity contribution is 5.88. The molecule has 0 radical (unpaired) electrons. The van der Waals surface area contributed by atoms with Crippen LogP contribution in [0.4, 0.5) is 0 Å². The van der Waals surface area contributed by atoms with E-state index in [1.165, 1.54) is 6.92 Å². The van der Waals surface area contributed by atoms with Gasteiger partial charge in [-0.25, -0.2) is 0 Å². The van der Waals surface area contributed by atoms with Crippen LogP contribution in [0.2, 0.25) is 0 Å². The number of hydrogen-bond acceptors (Lipinski definition) is 3. The quantitative estimate of drug-likeness (QED) is 0.698. The van der Waals surface area contributed by atoms with Crippen LogP contribution in [0, 0.1) is 0 Å². The van der Waals surface area contributed by atoms with Gasteiger partial charge in [-0.2, -0.15) is 0 Å². The topological polar surface area (TPSA) is 47.6 Å². The molecular weight excluding hydrogens is 326 g/mol. The molecule has 1 amide bonds. The predicted octanol–water partition coefficient (Wildman–Crippen LogP) is 4.11. The minimum absolute atomic E-state index is 0.0247. The molecule has 0 spiro atoms. The van der Waals surface area contributed by atoms with E-state index in [4.69, 9.17) is 9.47 Å². The maximum Gasteiger partial charge on any atom is 0.216 e.